The third-order valence-electron chi connectivity index (χ3n) is 1.28. The summed E-state index contributed by atoms with van der Waals surface area (Å²) in [7, 11) is 0. The maximum absolute atomic E-state index is 10.3. The van der Waals surface area contributed by atoms with Gasteiger partial charge >= 0.3 is 5.97 Å². The summed E-state index contributed by atoms with van der Waals surface area (Å²) in [5.74, 6) is -0.351. The van der Waals surface area contributed by atoms with Crippen molar-refractivity contribution in [3.05, 3.63) is 11.7 Å². The highest BCUT2D eigenvalue weighted by Gasteiger charge is 2.15. The lowest BCUT2D eigenvalue weighted by Crippen LogP contribution is -2.32. The molecule has 0 amide bonds. The van der Waals surface area contributed by atoms with Gasteiger partial charge in [-0.1, -0.05) is 5.16 Å². The highest BCUT2D eigenvalue weighted by atomic mass is 16.5. The third kappa shape index (κ3) is 2.03. The zero-order valence-corrected chi connectivity index (χ0v) is 6.52. The summed E-state index contributed by atoms with van der Waals surface area (Å²) in [5, 5.41) is 11.9. The van der Waals surface area contributed by atoms with E-state index in [1.807, 2.05) is 0 Å². The topological polar surface area (TPSA) is 102 Å². The van der Waals surface area contributed by atoms with E-state index in [1.165, 1.54) is 0 Å². The average Bonchev–Trinajstić information content (AvgIpc) is 2.35. The van der Waals surface area contributed by atoms with Crippen LogP contribution in [-0.2, 0) is 11.2 Å². The van der Waals surface area contributed by atoms with E-state index in [0.717, 1.165) is 0 Å². The largest absolute Gasteiger partial charge is 0.480 e. The van der Waals surface area contributed by atoms with Crippen molar-refractivity contribution in [3.8, 4) is 0 Å². The van der Waals surface area contributed by atoms with Gasteiger partial charge in [0.2, 0.25) is 5.89 Å². The van der Waals surface area contributed by atoms with Crippen LogP contribution in [-0.4, -0.2) is 27.3 Å². The number of carboxylic acids is 1. The molecule has 6 heteroatoms. The Morgan fingerprint density at radius 2 is 2.50 bits per heavy atom. The second-order valence-electron chi connectivity index (χ2n) is 2.38. The van der Waals surface area contributed by atoms with Gasteiger partial charge in [0.25, 0.3) is 0 Å². The second kappa shape index (κ2) is 3.31. The predicted octanol–water partition coefficient (Wildman–Crippen LogP) is -0.668. The lowest BCUT2D eigenvalue weighted by Gasteiger charge is -1.99. The molecule has 1 atom stereocenters. The van der Waals surface area contributed by atoms with Crippen LogP contribution in [0.2, 0.25) is 0 Å². The minimum atomic E-state index is -1.08. The molecule has 0 spiro atoms. The van der Waals surface area contributed by atoms with Gasteiger partial charge in [0.05, 0.1) is 6.42 Å². The minimum Gasteiger partial charge on any atom is -0.480 e. The molecule has 1 rings (SSSR count). The van der Waals surface area contributed by atoms with Crippen molar-refractivity contribution in [2.75, 3.05) is 0 Å². The summed E-state index contributed by atoms with van der Waals surface area (Å²) in [6.07, 6.45) is 0.0656. The maximum Gasteiger partial charge on any atom is 0.321 e. The van der Waals surface area contributed by atoms with Crippen molar-refractivity contribution in [2.45, 2.75) is 19.4 Å². The van der Waals surface area contributed by atoms with Crippen LogP contribution in [0.4, 0.5) is 0 Å². The van der Waals surface area contributed by atoms with E-state index in [4.69, 9.17) is 10.8 Å². The van der Waals surface area contributed by atoms with E-state index in [2.05, 4.69) is 14.7 Å². The number of rotatable bonds is 3. The van der Waals surface area contributed by atoms with Gasteiger partial charge < -0.3 is 15.4 Å². The first-order valence-corrected chi connectivity index (χ1v) is 3.37. The van der Waals surface area contributed by atoms with Crippen molar-refractivity contribution in [1.82, 2.24) is 10.1 Å². The van der Waals surface area contributed by atoms with E-state index >= 15 is 0 Å². The second-order valence-corrected chi connectivity index (χ2v) is 2.38. The molecule has 0 radical (unpaired) electrons. The number of aromatic nitrogens is 2. The summed E-state index contributed by atoms with van der Waals surface area (Å²) in [6.45, 7) is 1.65. The fourth-order valence-electron chi connectivity index (χ4n) is 0.698. The molecule has 1 heterocycles. The smallest absolute Gasteiger partial charge is 0.321 e. The molecule has 1 aromatic heterocycles. The zero-order valence-electron chi connectivity index (χ0n) is 6.52. The Bertz CT molecular complexity index is 283. The Labute approximate surface area is 68.4 Å². The van der Waals surface area contributed by atoms with Crippen LogP contribution in [0.15, 0.2) is 4.52 Å². The number of aliphatic carboxylic acids is 1. The van der Waals surface area contributed by atoms with Gasteiger partial charge in [-0.15, -0.1) is 0 Å². The van der Waals surface area contributed by atoms with Crippen LogP contribution in [0.25, 0.3) is 0 Å². The van der Waals surface area contributed by atoms with Crippen LogP contribution in [0.3, 0.4) is 0 Å². The van der Waals surface area contributed by atoms with Crippen molar-refractivity contribution < 1.29 is 14.4 Å². The third-order valence-corrected chi connectivity index (χ3v) is 1.28. The molecule has 0 saturated heterocycles. The van der Waals surface area contributed by atoms with Gasteiger partial charge in [0.1, 0.15) is 6.04 Å². The first-order valence-electron chi connectivity index (χ1n) is 3.37. The van der Waals surface area contributed by atoms with Crippen molar-refractivity contribution in [1.29, 1.82) is 0 Å². The van der Waals surface area contributed by atoms with Gasteiger partial charge in [-0.2, -0.15) is 4.98 Å². The summed E-state index contributed by atoms with van der Waals surface area (Å²) in [6, 6.07) is -0.982. The summed E-state index contributed by atoms with van der Waals surface area (Å²) < 4.78 is 4.68. The molecular weight excluding hydrogens is 162 g/mol. The predicted molar refractivity (Wildman–Crippen MR) is 38.4 cm³/mol. The number of aryl methyl sites for hydroxylation is 1. The highest BCUT2D eigenvalue weighted by Crippen LogP contribution is 1.98. The lowest BCUT2D eigenvalue weighted by atomic mass is 10.2. The molecule has 0 aliphatic heterocycles. The van der Waals surface area contributed by atoms with Crippen LogP contribution in [0.5, 0.6) is 0 Å². The SMILES string of the molecule is Cc1noc(CC(N)C(=O)O)n1. The van der Waals surface area contributed by atoms with Gasteiger partial charge in [-0.25, -0.2) is 0 Å². The number of nitrogens with two attached hydrogens (primary N) is 1. The number of carbonyl (C=O) groups is 1. The molecule has 0 aliphatic carbocycles. The molecule has 66 valence electrons. The minimum absolute atomic E-state index is 0.0656. The summed E-state index contributed by atoms with van der Waals surface area (Å²) >= 11 is 0. The lowest BCUT2D eigenvalue weighted by molar-refractivity contribution is -0.138. The van der Waals surface area contributed by atoms with Gasteiger partial charge in [0.15, 0.2) is 5.82 Å². The monoisotopic (exact) mass is 171 g/mol. The quantitative estimate of drug-likeness (QED) is 0.625. The molecule has 1 unspecified atom stereocenters. The van der Waals surface area contributed by atoms with E-state index in [9.17, 15) is 4.79 Å². The van der Waals surface area contributed by atoms with E-state index < -0.39 is 12.0 Å². The van der Waals surface area contributed by atoms with Crippen LogP contribution < -0.4 is 5.73 Å². The van der Waals surface area contributed by atoms with Gasteiger partial charge in [-0.05, 0) is 6.92 Å². The number of carboxylic acid groups (broad SMARTS) is 1. The molecule has 3 N–H and O–H groups in total. The Morgan fingerprint density at radius 1 is 1.83 bits per heavy atom. The van der Waals surface area contributed by atoms with Gasteiger partial charge in [0, 0.05) is 0 Å². The van der Waals surface area contributed by atoms with Crippen LogP contribution in [0, 0.1) is 6.92 Å². The van der Waals surface area contributed by atoms with Gasteiger partial charge in [-0.3, -0.25) is 4.79 Å². The molecule has 6 nitrogen and oxygen atoms in total. The molecule has 12 heavy (non-hydrogen) atoms. The molecule has 0 fully saturated rings. The molecular formula is C6H9N3O3. The standard InChI is InChI=1S/C6H9N3O3/c1-3-8-5(12-9-3)2-4(7)6(10)11/h4H,2,7H2,1H3,(H,10,11). The first kappa shape index (κ1) is 8.66. The number of hydrogen-bond acceptors (Lipinski definition) is 5. The normalized spacial score (nSPS) is 12.8. The molecule has 0 bridgehead atoms. The average molecular weight is 171 g/mol. The zero-order chi connectivity index (χ0) is 9.14. The Morgan fingerprint density at radius 3 is 2.92 bits per heavy atom. The Kier molecular flexibility index (Phi) is 2.39. The summed E-state index contributed by atoms with van der Waals surface area (Å²) in [4.78, 5) is 14.1. The highest BCUT2D eigenvalue weighted by molar-refractivity contribution is 5.73. The van der Waals surface area contributed by atoms with Crippen molar-refractivity contribution in [2.24, 2.45) is 5.73 Å². The van der Waals surface area contributed by atoms with Crippen LogP contribution in [0.1, 0.15) is 11.7 Å². The summed E-state index contributed by atoms with van der Waals surface area (Å²) in [5.41, 5.74) is 5.23. The molecule has 0 aromatic carbocycles. The van der Waals surface area contributed by atoms with E-state index in [0.29, 0.717) is 5.82 Å². The van der Waals surface area contributed by atoms with E-state index in [1.54, 1.807) is 6.92 Å². The first-order chi connectivity index (χ1) is 5.59. The van der Waals surface area contributed by atoms with E-state index in [-0.39, 0.29) is 12.3 Å². The fourth-order valence-corrected chi connectivity index (χ4v) is 0.698. The fraction of sp³-hybridized carbons (Fsp3) is 0.500. The Balaban J connectivity index is 2.58. The molecule has 0 saturated carbocycles. The molecule has 1 aromatic rings. The maximum atomic E-state index is 10.3. The number of nitrogens with zero attached hydrogens (tertiary/aromatic N) is 2. The van der Waals surface area contributed by atoms with Crippen LogP contribution >= 0.6 is 0 Å². The van der Waals surface area contributed by atoms with Crippen molar-refractivity contribution in [3.63, 3.8) is 0 Å². The van der Waals surface area contributed by atoms with Crippen molar-refractivity contribution >= 4 is 5.97 Å². The molecule has 0 aliphatic rings. The Hall–Kier alpha value is -1.43. The number of hydrogen-bond donors (Lipinski definition) is 2.